The third-order valence-corrected chi connectivity index (χ3v) is 3.42. The van der Waals surface area contributed by atoms with Crippen LogP contribution in [0.25, 0.3) is 11.5 Å². The van der Waals surface area contributed by atoms with E-state index in [1.54, 1.807) is 31.2 Å². The molecule has 0 spiro atoms. The van der Waals surface area contributed by atoms with E-state index in [2.05, 4.69) is 10.2 Å². The lowest BCUT2D eigenvalue weighted by molar-refractivity contribution is 0.0276. The lowest BCUT2D eigenvalue weighted by atomic mass is 10.2. The third-order valence-electron chi connectivity index (χ3n) is 3.42. The molecule has 122 valence electrons. The van der Waals surface area contributed by atoms with Crippen LogP contribution in [0, 0.1) is 0 Å². The summed E-state index contributed by atoms with van der Waals surface area (Å²) in [7, 11) is 1.50. The standard InChI is InChI=1S/C18H16N2O4/c1-12(23-18(21)14-10-6-7-11-15(14)22-2)16-19-20-17(24-16)13-8-4-3-5-9-13/h3-12H,1-2H3/t12-/m1/s1. The molecule has 1 atom stereocenters. The molecule has 2 aromatic carbocycles. The van der Waals surface area contributed by atoms with Gasteiger partial charge in [0, 0.05) is 5.56 Å². The van der Waals surface area contributed by atoms with Crippen molar-refractivity contribution in [1.82, 2.24) is 10.2 Å². The van der Waals surface area contributed by atoms with E-state index in [1.807, 2.05) is 30.3 Å². The fraction of sp³-hybridized carbons (Fsp3) is 0.167. The summed E-state index contributed by atoms with van der Waals surface area (Å²) < 4.78 is 16.2. The maximum atomic E-state index is 12.3. The smallest absolute Gasteiger partial charge is 0.342 e. The Labute approximate surface area is 139 Å². The van der Waals surface area contributed by atoms with E-state index < -0.39 is 12.1 Å². The van der Waals surface area contributed by atoms with Gasteiger partial charge in [-0.3, -0.25) is 0 Å². The highest BCUT2D eigenvalue weighted by Crippen LogP contribution is 2.25. The van der Waals surface area contributed by atoms with Crippen LogP contribution in [0.2, 0.25) is 0 Å². The first-order chi connectivity index (χ1) is 11.7. The Morgan fingerprint density at radius 1 is 1.04 bits per heavy atom. The Kier molecular flexibility index (Phi) is 4.56. The minimum Gasteiger partial charge on any atom is -0.496 e. The van der Waals surface area contributed by atoms with Crippen molar-refractivity contribution >= 4 is 5.97 Å². The quantitative estimate of drug-likeness (QED) is 0.667. The fourth-order valence-corrected chi connectivity index (χ4v) is 2.18. The van der Waals surface area contributed by atoms with E-state index in [0.717, 1.165) is 5.56 Å². The molecule has 24 heavy (non-hydrogen) atoms. The van der Waals surface area contributed by atoms with Gasteiger partial charge < -0.3 is 13.9 Å². The lowest BCUT2D eigenvalue weighted by Crippen LogP contribution is -2.10. The predicted octanol–water partition coefficient (Wildman–Crippen LogP) is 3.66. The zero-order valence-corrected chi connectivity index (χ0v) is 13.3. The second-order valence-electron chi connectivity index (χ2n) is 5.06. The van der Waals surface area contributed by atoms with Crippen LogP contribution in [0.1, 0.15) is 29.3 Å². The summed E-state index contributed by atoms with van der Waals surface area (Å²) >= 11 is 0. The van der Waals surface area contributed by atoms with Crippen LogP contribution in [-0.4, -0.2) is 23.3 Å². The van der Waals surface area contributed by atoms with Crippen molar-refractivity contribution < 1.29 is 18.7 Å². The molecule has 0 aliphatic heterocycles. The molecule has 0 amide bonds. The number of hydrogen-bond donors (Lipinski definition) is 0. The molecule has 0 aliphatic carbocycles. The maximum Gasteiger partial charge on any atom is 0.342 e. The number of aromatic nitrogens is 2. The van der Waals surface area contributed by atoms with Gasteiger partial charge in [0.15, 0.2) is 6.10 Å². The van der Waals surface area contributed by atoms with Crippen molar-refractivity contribution in [2.24, 2.45) is 0 Å². The first kappa shape index (κ1) is 15.7. The zero-order chi connectivity index (χ0) is 16.9. The van der Waals surface area contributed by atoms with E-state index in [9.17, 15) is 4.79 Å². The largest absolute Gasteiger partial charge is 0.496 e. The number of ether oxygens (including phenoxy) is 2. The van der Waals surface area contributed by atoms with Crippen LogP contribution in [0.4, 0.5) is 0 Å². The Hall–Kier alpha value is -3.15. The molecule has 0 unspecified atom stereocenters. The summed E-state index contributed by atoms with van der Waals surface area (Å²) in [6.07, 6.45) is -0.674. The lowest BCUT2D eigenvalue weighted by Gasteiger charge is -2.11. The molecule has 0 saturated carbocycles. The fourth-order valence-electron chi connectivity index (χ4n) is 2.18. The highest BCUT2D eigenvalue weighted by molar-refractivity contribution is 5.92. The minimum atomic E-state index is -0.674. The van der Waals surface area contributed by atoms with Crippen LogP contribution >= 0.6 is 0 Å². The molecular weight excluding hydrogens is 308 g/mol. The Morgan fingerprint density at radius 2 is 1.75 bits per heavy atom. The number of methoxy groups -OCH3 is 1. The van der Waals surface area contributed by atoms with Crippen molar-refractivity contribution in [2.75, 3.05) is 7.11 Å². The highest BCUT2D eigenvalue weighted by atomic mass is 16.6. The number of rotatable bonds is 5. The SMILES string of the molecule is COc1ccccc1C(=O)O[C@H](C)c1nnc(-c2ccccc2)o1. The number of hydrogen-bond acceptors (Lipinski definition) is 6. The number of nitrogens with zero attached hydrogens (tertiary/aromatic N) is 2. The van der Waals surface area contributed by atoms with Gasteiger partial charge in [0.2, 0.25) is 5.89 Å². The maximum absolute atomic E-state index is 12.3. The van der Waals surface area contributed by atoms with Gasteiger partial charge in [0.05, 0.1) is 7.11 Å². The molecule has 0 bridgehead atoms. The van der Waals surface area contributed by atoms with Gasteiger partial charge in [-0.1, -0.05) is 30.3 Å². The predicted molar refractivity (Wildman–Crippen MR) is 86.6 cm³/mol. The van der Waals surface area contributed by atoms with Crippen molar-refractivity contribution in [3.63, 3.8) is 0 Å². The van der Waals surface area contributed by atoms with Gasteiger partial charge in [0.1, 0.15) is 11.3 Å². The van der Waals surface area contributed by atoms with Crippen LogP contribution in [-0.2, 0) is 4.74 Å². The van der Waals surface area contributed by atoms with Gasteiger partial charge >= 0.3 is 5.97 Å². The topological polar surface area (TPSA) is 74.5 Å². The van der Waals surface area contributed by atoms with Crippen LogP contribution in [0.5, 0.6) is 5.75 Å². The minimum absolute atomic E-state index is 0.233. The summed E-state index contributed by atoms with van der Waals surface area (Å²) in [6.45, 7) is 1.68. The number of benzene rings is 2. The molecule has 0 N–H and O–H groups in total. The number of esters is 1. The Morgan fingerprint density at radius 3 is 2.50 bits per heavy atom. The molecule has 0 radical (unpaired) electrons. The van der Waals surface area contributed by atoms with Crippen LogP contribution < -0.4 is 4.74 Å². The summed E-state index contributed by atoms with van der Waals surface area (Å²) in [5.74, 6) is 0.549. The van der Waals surface area contributed by atoms with Crippen molar-refractivity contribution in [1.29, 1.82) is 0 Å². The number of carbonyl (C=O) groups is 1. The molecular formula is C18H16N2O4. The van der Waals surface area contributed by atoms with E-state index >= 15 is 0 Å². The van der Waals surface area contributed by atoms with Gasteiger partial charge in [-0.25, -0.2) is 4.79 Å². The number of carbonyl (C=O) groups excluding carboxylic acids is 1. The van der Waals surface area contributed by atoms with Crippen molar-refractivity contribution in [2.45, 2.75) is 13.0 Å². The highest BCUT2D eigenvalue weighted by Gasteiger charge is 2.21. The van der Waals surface area contributed by atoms with Crippen molar-refractivity contribution in [3.05, 3.63) is 66.1 Å². The average Bonchev–Trinajstić information content (AvgIpc) is 3.12. The van der Waals surface area contributed by atoms with Gasteiger partial charge in [-0.2, -0.15) is 0 Å². The molecule has 0 aliphatic rings. The Balaban J connectivity index is 1.74. The third kappa shape index (κ3) is 3.27. The summed E-state index contributed by atoms with van der Waals surface area (Å²) in [5, 5.41) is 7.95. The van der Waals surface area contributed by atoms with Gasteiger partial charge in [-0.15, -0.1) is 10.2 Å². The van der Waals surface area contributed by atoms with E-state index in [4.69, 9.17) is 13.9 Å². The zero-order valence-electron chi connectivity index (χ0n) is 13.3. The molecule has 1 aromatic heterocycles. The van der Waals surface area contributed by atoms with E-state index in [1.165, 1.54) is 7.11 Å². The van der Waals surface area contributed by atoms with Crippen molar-refractivity contribution in [3.8, 4) is 17.2 Å². The summed E-state index contributed by atoms with van der Waals surface area (Å²) in [5.41, 5.74) is 1.15. The second-order valence-corrected chi connectivity index (χ2v) is 5.06. The summed E-state index contributed by atoms with van der Waals surface area (Å²) in [4.78, 5) is 12.3. The monoisotopic (exact) mass is 324 g/mol. The summed E-state index contributed by atoms with van der Waals surface area (Å²) in [6, 6.07) is 16.2. The molecule has 0 fully saturated rings. The molecule has 6 nitrogen and oxygen atoms in total. The molecule has 3 rings (SSSR count). The van der Waals surface area contributed by atoms with Crippen LogP contribution in [0.3, 0.4) is 0 Å². The number of para-hydroxylation sites is 1. The Bertz CT molecular complexity index is 830. The second kappa shape index (κ2) is 6.95. The van der Waals surface area contributed by atoms with Gasteiger partial charge in [-0.05, 0) is 31.2 Å². The van der Waals surface area contributed by atoms with E-state index in [0.29, 0.717) is 17.2 Å². The normalized spacial score (nSPS) is 11.8. The average molecular weight is 324 g/mol. The van der Waals surface area contributed by atoms with Gasteiger partial charge in [0.25, 0.3) is 5.89 Å². The first-order valence-electron chi connectivity index (χ1n) is 7.42. The van der Waals surface area contributed by atoms with E-state index in [-0.39, 0.29) is 5.89 Å². The molecule has 1 heterocycles. The van der Waals surface area contributed by atoms with Crippen LogP contribution in [0.15, 0.2) is 59.0 Å². The molecule has 6 heteroatoms. The molecule has 3 aromatic rings. The first-order valence-corrected chi connectivity index (χ1v) is 7.42. The molecule has 0 saturated heterocycles.